The van der Waals surface area contributed by atoms with Crippen molar-refractivity contribution in [2.75, 3.05) is 18.0 Å². The lowest BCUT2D eigenvalue weighted by Crippen LogP contribution is -2.23. The Kier molecular flexibility index (Phi) is 6.38. The summed E-state index contributed by atoms with van der Waals surface area (Å²) in [6, 6.07) is 4.78. The van der Waals surface area contributed by atoms with Crippen LogP contribution in [0.15, 0.2) is 41.2 Å². The Labute approximate surface area is 243 Å². The minimum atomic E-state index is -1.05. The highest BCUT2D eigenvalue weighted by atomic mass is 35.5. The van der Waals surface area contributed by atoms with E-state index in [1.807, 2.05) is 0 Å². The normalized spacial score (nSPS) is 21.8. The number of benzene rings is 1. The summed E-state index contributed by atoms with van der Waals surface area (Å²) in [4.78, 5) is 17.8. The number of aliphatic hydroxyl groups excluding tert-OH is 1. The van der Waals surface area contributed by atoms with E-state index in [-0.39, 0.29) is 12.2 Å². The van der Waals surface area contributed by atoms with Crippen LogP contribution in [-0.2, 0) is 6.61 Å². The number of aromatic nitrogens is 4. The Morgan fingerprint density at radius 2 is 1.88 bits per heavy atom. The number of nitrogens with zero attached hydrogens (tertiary/aromatic N) is 5. The molecule has 1 saturated heterocycles. The second-order valence-electron chi connectivity index (χ2n) is 10.5. The lowest BCUT2D eigenvalue weighted by Gasteiger charge is -2.16. The van der Waals surface area contributed by atoms with Crippen LogP contribution in [0.3, 0.4) is 0 Å². The molecule has 204 valence electrons. The van der Waals surface area contributed by atoms with Gasteiger partial charge in [0.15, 0.2) is 0 Å². The summed E-state index contributed by atoms with van der Waals surface area (Å²) < 4.78 is 5.77. The number of piperidine rings is 1. The van der Waals surface area contributed by atoms with Crippen molar-refractivity contribution in [3.05, 3.63) is 69.2 Å². The van der Waals surface area contributed by atoms with Crippen LogP contribution in [-0.4, -0.2) is 49.6 Å². The highest BCUT2D eigenvalue weighted by Crippen LogP contribution is 2.54. The Hall–Kier alpha value is -3.31. The number of allylic oxidation sites excluding steroid dienone is 1. The Morgan fingerprint density at radius 3 is 2.55 bits per heavy atom. The van der Waals surface area contributed by atoms with Crippen molar-refractivity contribution in [2.24, 2.45) is 17.8 Å². The number of hydrogen-bond acceptors (Lipinski definition) is 9. The minimum absolute atomic E-state index is 0.115. The van der Waals surface area contributed by atoms with Gasteiger partial charge in [0, 0.05) is 48.1 Å². The average Bonchev–Trinajstić information content (AvgIpc) is 3.68. The number of aromatic carboxylic acids is 1. The van der Waals surface area contributed by atoms with E-state index in [9.17, 15) is 15.0 Å². The van der Waals surface area contributed by atoms with Gasteiger partial charge in [0.25, 0.3) is 0 Å². The van der Waals surface area contributed by atoms with E-state index in [0.29, 0.717) is 61.1 Å². The molecule has 3 aliphatic rings. The predicted molar refractivity (Wildman–Crippen MR) is 152 cm³/mol. The van der Waals surface area contributed by atoms with Crippen LogP contribution < -0.4 is 4.90 Å². The van der Waals surface area contributed by atoms with Gasteiger partial charge in [-0.15, -0.1) is 10.2 Å². The van der Waals surface area contributed by atoms with Gasteiger partial charge in [0.2, 0.25) is 5.13 Å². The number of aliphatic hydroxyl groups is 1. The van der Waals surface area contributed by atoms with Gasteiger partial charge in [-0.3, -0.25) is 4.98 Å². The number of halogens is 2. The third-order valence-corrected chi connectivity index (χ3v) is 9.50. The molecule has 4 heterocycles. The lowest BCUT2D eigenvalue weighted by molar-refractivity contribution is 0.0696. The van der Waals surface area contributed by atoms with Crippen molar-refractivity contribution in [3.8, 4) is 21.8 Å². The van der Waals surface area contributed by atoms with Gasteiger partial charge in [-0.1, -0.05) is 51.8 Å². The quantitative estimate of drug-likeness (QED) is 0.251. The van der Waals surface area contributed by atoms with Crippen LogP contribution in [0.5, 0.6) is 0 Å². The molecule has 2 atom stereocenters. The number of rotatable bonds is 8. The molecule has 2 aliphatic carbocycles. The average molecular weight is 596 g/mol. The summed E-state index contributed by atoms with van der Waals surface area (Å²) in [7, 11) is 0. The van der Waals surface area contributed by atoms with E-state index in [2.05, 4.69) is 37.4 Å². The zero-order chi connectivity index (χ0) is 27.5. The standard InChI is InChI=1S/C28H23Cl2N5O4S/c29-21-8-31-9-22(30)23(21)24-18(25(39-34-24)14-1-2-14)4-3-17-19-10-35(11-20(17)19)28-33-32-26(40-28)15-5-13(12-36)6-16(7-15)27(37)38/h3-9,14,17,19-20,36H,1-2,10-12H2,(H,37,38)/b4-3+. The number of fused-ring (bicyclic) bond motifs is 1. The monoisotopic (exact) mass is 595 g/mol. The molecule has 0 bridgehead atoms. The second kappa shape index (κ2) is 9.95. The summed E-state index contributed by atoms with van der Waals surface area (Å²) in [5.41, 5.74) is 3.52. The molecule has 0 amide bonds. The molecule has 7 rings (SSSR count). The first kappa shape index (κ1) is 25.6. The molecule has 12 heteroatoms. The summed E-state index contributed by atoms with van der Waals surface area (Å²) in [6.07, 6.45) is 9.68. The van der Waals surface area contributed by atoms with E-state index in [4.69, 9.17) is 27.7 Å². The van der Waals surface area contributed by atoms with Crippen LogP contribution >= 0.6 is 34.5 Å². The van der Waals surface area contributed by atoms with Crippen LogP contribution in [0.1, 0.15) is 46.0 Å². The molecule has 4 aromatic rings. The summed E-state index contributed by atoms with van der Waals surface area (Å²) in [6.45, 7) is 1.50. The number of carbonyl (C=O) groups is 1. The van der Waals surface area contributed by atoms with Gasteiger partial charge < -0.3 is 19.6 Å². The fourth-order valence-electron chi connectivity index (χ4n) is 5.64. The maximum absolute atomic E-state index is 11.5. The van der Waals surface area contributed by atoms with Crippen molar-refractivity contribution in [1.82, 2.24) is 20.3 Å². The molecule has 2 unspecified atom stereocenters. The van der Waals surface area contributed by atoms with E-state index >= 15 is 0 Å². The van der Waals surface area contributed by atoms with Gasteiger partial charge in [-0.2, -0.15) is 0 Å². The molecule has 0 spiro atoms. The Balaban J connectivity index is 1.07. The van der Waals surface area contributed by atoms with E-state index < -0.39 is 5.97 Å². The molecular weight excluding hydrogens is 573 g/mol. The van der Waals surface area contributed by atoms with E-state index in [1.165, 1.54) is 17.4 Å². The summed E-state index contributed by atoms with van der Waals surface area (Å²) in [5, 5.41) is 34.3. The molecule has 1 aliphatic heterocycles. The van der Waals surface area contributed by atoms with Gasteiger partial charge in [-0.05, 0) is 54.4 Å². The maximum Gasteiger partial charge on any atom is 0.335 e. The number of pyridine rings is 1. The molecule has 3 fully saturated rings. The highest BCUT2D eigenvalue weighted by molar-refractivity contribution is 7.18. The van der Waals surface area contributed by atoms with Gasteiger partial charge in [0.1, 0.15) is 16.5 Å². The van der Waals surface area contributed by atoms with Gasteiger partial charge in [-0.25, -0.2) is 4.79 Å². The van der Waals surface area contributed by atoms with Crippen molar-refractivity contribution in [1.29, 1.82) is 0 Å². The smallest absolute Gasteiger partial charge is 0.335 e. The second-order valence-corrected chi connectivity index (χ2v) is 12.3. The molecule has 2 N–H and O–H groups in total. The fraction of sp³-hybridized carbons (Fsp3) is 0.321. The van der Waals surface area contributed by atoms with Gasteiger partial charge in [0.05, 0.1) is 22.2 Å². The first-order valence-corrected chi connectivity index (χ1v) is 14.5. The Bertz CT molecular complexity index is 1630. The molecular formula is C28H23Cl2N5O4S. The number of carboxylic acid groups (broad SMARTS) is 1. The number of carboxylic acids is 1. The zero-order valence-corrected chi connectivity index (χ0v) is 23.3. The SMILES string of the molecule is O=C(O)c1cc(CO)cc(-c2nnc(N3CC4C(/C=C/c5c(-c6c(Cl)cncc6Cl)noc5C5CC5)C4C3)s2)c1. The first-order valence-electron chi connectivity index (χ1n) is 13.0. The van der Waals surface area contributed by atoms with Gasteiger partial charge >= 0.3 is 5.97 Å². The molecule has 0 radical (unpaired) electrons. The highest BCUT2D eigenvalue weighted by Gasteiger charge is 2.54. The maximum atomic E-state index is 11.5. The topological polar surface area (TPSA) is 125 Å². The number of hydrogen-bond donors (Lipinski definition) is 2. The first-order chi connectivity index (χ1) is 19.4. The number of anilines is 1. The molecule has 3 aromatic heterocycles. The summed E-state index contributed by atoms with van der Waals surface area (Å²) >= 11 is 14.3. The molecule has 9 nitrogen and oxygen atoms in total. The minimum Gasteiger partial charge on any atom is -0.478 e. The molecule has 40 heavy (non-hydrogen) atoms. The van der Waals surface area contributed by atoms with Crippen molar-refractivity contribution < 1.29 is 19.5 Å². The van der Waals surface area contributed by atoms with Crippen LogP contribution in [0.25, 0.3) is 27.9 Å². The van der Waals surface area contributed by atoms with Crippen LogP contribution in [0.2, 0.25) is 10.0 Å². The lowest BCUT2D eigenvalue weighted by atomic mass is 10.0. The third-order valence-electron chi connectivity index (χ3n) is 7.89. The summed E-state index contributed by atoms with van der Waals surface area (Å²) in [5.74, 6) is 1.70. The largest absolute Gasteiger partial charge is 0.478 e. The van der Waals surface area contributed by atoms with E-state index in [1.54, 1.807) is 24.5 Å². The van der Waals surface area contributed by atoms with Crippen molar-refractivity contribution >= 4 is 51.7 Å². The predicted octanol–water partition coefficient (Wildman–Crippen LogP) is 6.03. The molecule has 2 saturated carbocycles. The Morgan fingerprint density at radius 1 is 1.12 bits per heavy atom. The van der Waals surface area contributed by atoms with Crippen LogP contribution in [0, 0.1) is 17.8 Å². The third kappa shape index (κ3) is 4.58. The molecule has 1 aromatic carbocycles. The van der Waals surface area contributed by atoms with E-state index in [0.717, 1.165) is 42.4 Å². The zero-order valence-electron chi connectivity index (χ0n) is 21.0. The van der Waals surface area contributed by atoms with Crippen molar-refractivity contribution in [2.45, 2.75) is 25.4 Å². The van der Waals surface area contributed by atoms with Crippen LogP contribution in [0.4, 0.5) is 5.13 Å². The fourth-order valence-corrected chi connectivity index (χ4v) is 7.03. The van der Waals surface area contributed by atoms with Crippen molar-refractivity contribution in [3.63, 3.8) is 0 Å².